The first-order chi connectivity index (χ1) is 15.9. The molecule has 0 bridgehead atoms. The molecule has 8 heteroatoms. The number of amides is 1. The van der Waals surface area contributed by atoms with Crippen LogP contribution in [-0.2, 0) is 38.2 Å². The average molecular weight is 468 g/mol. The van der Waals surface area contributed by atoms with Gasteiger partial charge in [-0.3, -0.25) is 4.79 Å². The molecule has 0 radical (unpaired) electrons. The second-order valence-electron chi connectivity index (χ2n) is 8.38. The highest BCUT2D eigenvalue weighted by molar-refractivity contribution is 7.90. The van der Waals surface area contributed by atoms with E-state index in [0.717, 1.165) is 18.4 Å². The van der Waals surface area contributed by atoms with Crippen molar-refractivity contribution in [2.24, 2.45) is 0 Å². The first-order valence-corrected chi connectivity index (χ1v) is 12.8. The molecule has 174 valence electrons. The number of sulfone groups is 1. The summed E-state index contributed by atoms with van der Waals surface area (Å²) < 4.78 is 34.1. The Hall–Kier alpha value is -2.97. The van der Waals surface area contributed by atoms with Crippen molar-refractivity contribution in [2.45, 2.75) is 49.9 Å². The van der Waals surface area contributed by atoms with Gasteiger partial charge in [0, 0.05) is 20.1 Å². The number of hydrogen-bond donors (Lipinski definition) is 0. The highest BCUT2D eigenvalue weighted by Gasteiger charge is 2.27. The Morgan fingerprint density at radius 1 is 1.09 bits per heavy atom. The molecule has 4 rings (SSSR count). The van der Waals surface area contributed by atoms with Crippen LogP contribution in [0.2, 0.25) is 0 Å². The van der Waals surface area contributed by atoms with Crippen LogP contribution in [0.3, 0.4) is 0 Å². The first kappa shape index (κ1) is 23.2. The van der Waals surface area contributed by atoms with E-state index < -0.39 is 9.84 Å². The van der Waals surface area contributed by atoms with E-state index in [4.69, 9.17) is 4.74 Å². The number of hydrogen-bond acceptors (Lipinski definition) is 5. The molecular formula is C25H29N3O4S. The fourth-order valence-electron chi connectivity index (χ4n) is 4.09. The molecule has 1 aliphatic rings. The minimum Gasteiger partial charge on any atom is -0.376 e. The van der Waals surface area contributed by atoms with Gasteiger partial charge in [-0.15, -0.1) is 0 Å². The third kappa shape index (κ3) is 5.89. The van der Waals surface area contributed by atoms with Crippen LogP contribution in [0, 0.1) is 0 Å². The molecular weight excluding hydrogens is 438 g/mol. The quantitative estimate of drug-likeness (QED) is 0.482. The molecule has 3 aromatic rings. The van der Waals surface area contributed by atoms with E-state index in [0.29, 0.717) is 31.0 Å². The van der Waals surface area contributed by atoms with Crippen molar-refractivity contribution in [3.63, 3.8) is 0 Å². The molecule has 1 fully saturated rings. The Morgan fingerprint density at radius 3 is 2.36 bits per heavy atom. The van der Waals surface area contributed by atoms with Crippen molar-refractivity contribution in [2.75, 3.05) is 13.2 Å². The number of carbonyl (C=O) groups excluding carboxylic acids is 1. The van der Waals surface area contributed by atoms with Crippen LogP contribution in [0.4, 0.5) is 0 Å². The summed E-state index contributed by atoms with van der Waals surface area (Å²) in [7, 11) is -3.70. The van der Waals surface area contributed by atoms with Crippen molar-refractivity contribution in [3.05, 3.63) is 83.7 Å². The summed E-state index contributed by atoms with van der Waals surface area (Å²) in [5.41, 5.74) is 2.34. The van der Waals surface area contributed by atoms with Crippen LogP contribution in [0.15, 0.2) is 72.0 Å². The zero-order valence-electron chi connectivity index (χ0n) is 18.8. The molecule has 2 heterocycles. The second-order valence-corrected chi connectivity index (χ2v) is 10.3. The smallest absolute Gasteiger partial charge is 0.228 e. The van der Waals surface area contributed by atoms with Gasteiger partial charge in [0.1, 0.15) is 0 Å². The average Bonchev–Trinajstić information content (AvgIpc) is 3.45. The molecule has 1 aliphatic heterocycles. The van der Waals surface area contributed by atoms with Gasteiger partial charge in [-0.1, -0.05) is 60.7 Å². The number of benzene rings is 2. The Labute approximate surface area is 194 Å². The fraction of sp³-hybridized carbons (Fsp3) is 0.360. The van der Waals surface area contributed by atoms with Crippen LogP contribution >= 0.6 is 0 Å². The predicted molar refractivity (Wildman–Crippen MR) is 125 cm³/mol. The molecule has 1 saturated heterocycles. The monoisotopic (exact) mass is 467 g/mol. The zero-order valence-corrected chi connectivity index (χ0v) is 19.6. The van der Waals surface area contributed by atoms with E-state index in [9.17, 15) is 13.2 Å². The maximum absolute atomic E-state index is 13.3. The Bertz CT molecular complexity index is 1170. The van der Waals surface area contributed by atoms with Gasteiger partial charge in [0.2, 0.25) is 20.9 Å². The molecule has 0 N–H and O–H groups in total. The lowest BCUT2D eigenvalue weighted by atomic mass is 10.2. The third-order valence-electron chi connectivity index (χ3n) is 5.81. The van der Waals surface area contributed by atoms with Gasteiger partial charge in [0.15, 0.2) is 0 Å². The number of ether oxygens (including phenoxy) is 1. The number of imidazole rings is 1. The van der Waals surface area contributed by atoms with E-state index in [1.807, 2.05) is 48.5 Å². The fourth-order valence-corrected chi connectivity index (χ4v) is 5.59. The normalized spacial score (nSPS) is 16.1. The number of nitrogens with zero attached hydrogens (tertiary/aromatic N) is 3. The molecule has 2 aromatic carbocycles. The van der Waals surface area contributed by atoms with Crippen molar-refractivity contribution >= 4 is 15.7 Å². The molecule has 0 saturated carbocycles. The largest absolute Gasteiger partial charge is 0.376 e. The summed E-state index contributed by atoms with van der Waals surface area (Å²) in [6.07, 6.45) is 3.50. The van der Waals surface area contributed by atoms with Gasteiger partial charge in [-0.05, 0) is 24.0 Å². The summed E-state index contributed by atoms with van der Waals surface area (Å²) in [5, 5.41) is 0.0193. The summed E-state index contributed by atoms with van der Waals surface area (Å²) in [4.78, 5) is 18.4. The summed E-state index contributed by atoms with van der Waals surface area (Å²) in [6.45, 7) is 3.35. The van der Waals surface area contributed by atoms with Gasteiger partial charge >= 0.3 is 0 Å². The zero-order chi connectivity index (χ0) is 23.3. The lowest BCUT2D eigenvalue weighted by Gasteiger charge is -2.25. The topological polar surface area (TPSA) is 81.5 Å². The molecule has 1 amide bonds. The molecule has 1 aromatic heterocycles. The van der Waals surface area contributed by atoms with Gasteiger partial charge in [-0.25, -0.2) is 13.4 Å². The van der Waals surface area contributed by atoms with Crippen LogP contribution in [0.5, 0.6) is 0 Å². The van der Waals surface area contributed by atoms with E-state index in [1.165, 1.54) is 6.92 Å². The van der Waals surface area contributed by atoms with E-state index in [2.05, 4.69) is 4.98 Å². The lowest BCUT2D eigenvalue weighted by molar-refractivity contribution is -0.131. The summed E-state index contributed by atoms with van der Waals surface area (Å²) in [5.74, 6) is -0.211. The number of rotatable bonds is 9. The van der Waals surface area contributed by atoms with Crippen LogP contribution in [0.1, 0.15) is 36.6 Å². The van der Waals surface area contributed by atoms with E-state index >= 15 is 0 Å². The van der Waals surface area contributed by atoms with Gasteiger partial charge < -0.3 is 14.2 Å². The van der Waals surface area contributed by atoms with E-state index in [1.54, 1.807) is 27.8 Å². The maximum Gasteiger partial charge on any atom is 0.228 e. The minimum absolute atomic E-state index is 0.0145. The summed E-state index contributed by atoms with van der Waals surface area (Å²) in [6, 6.07) is 18.8. The third-order valence-corrected chi connectivity index (χ3v) is 7.40. The van der Waals surface area contributed by atoms with Crippen molar-refractivity contribution in [1.82, 2.24) is 14.5 Å². The SMILES string of the molecule is CC(=O)N(Cc1cnc(S(=O)(=O)Cc2ccccc2)n1Cc1ccccc1)CC1CCCO1. The molecule has 1 unspecified atom stereocenters. The van der Waals surface area contributed by atoms with E-state index in [-0.39, 0.29) is 29.5 Å². The van der Waals surface area contributed by atoms with Crippen molar-refractivity contribution < 1.29 is 17.9 Å². The van der Waals surface area contributed by atoms with Gasteiger partial charge in [0.25, 0.3) is 0 Å². The second kappa shape index (κ2) is 10.3. The highest BCUT2D eigenvalue weighted by Crippen LogP contribution is 2.21. The molecule has 0 aliphatic carbocycles. The minimum atomic E-state index is -3.70. The molecule has 33 heavy (non-hydrogen) atoms. The Kier molecular flexibility index (Phi) is 7.25. The maximum atomic E-state index is 13.3. The van der Waals surface area contributed by atoms with Gasteiger partial charge in [-0.2, -0.15) is 0 Å². The number of carbonyl (C=O) groups is 1. The highest BCUT2D eigenvalue weighted by atomic mass is 32.2. The number of aromatic nitrogens is 2. The molecule has 1 atom stereocenters. The van der Waals surface area contributed by atoms with Crippen LogP contribution in [0.25, 0.3) is 0 Å². The van der Waals surface area contributed by atoms with Gasteiger partial charge in [0.05, 0.1) is 36.8 Å². The Morgan fingerprint density at radius 2 is 1.76 bits per heavy atom. The van der Waals surface area contributed by atoms with Crippen molar-refractivity contribution in [3.8, 4) is 0 Å². The Balaban J connectivity index is 1.66. The molecule has 0 spiro atoms. The van der Waals surface area contributed by atoms with Crippen LogP contribution in [-0.4, -0.2) is 48.0 Å². The van der Waals surface area contributed by atoms with Crippen molar-refractivity contribution in [1.29, 1.82) is 0 Å². The molecule has 7 nitrogen and oxygen atoms in total. The van der Waals surface area contributed by atoms with Crippen LogP contribution < -0.4 is 0 Å². The lowest BCUT2D eigenvalue weighted by Crippen LogP contribution is -2.36. The predicted octanol–water partition coefficient (Wildman–Crippen LogP) is 3.43. The first-order valence-electron chi connectivity index (χ1n) is 11.1. The standard InChI is InChI=1S/C25H29N3O4S/c1-20(29)27(18-24-13-8-14-32-24)17-23-15-26-25(28(23)16-21-9-4-2-5-10-21)33(30,31)19-22-11-6-3-7-12-22/h2-7,9-12,15,24H,8,13-14,16-19H2,1H3. The summed E-state index contributed by atoms with van der Waals surface area (Å²) >= 11 is 0.